The van der Waals surface area contributed by atoms with Gasteiger partial charge in [-0.2, -0.15) is 4.98 Å². The van der Waals surface area contributed by atoms with Gasteiger partial charge in [0, 0.05) is 11.3 Å². The van der Waals surface area contributed by atoms with Crippen molar-refractivity contribution in [3.05, 3.63) is 21.7 Å². The molecule has 0 aliphatic heterocycles. The maximum Gasteiger partial charge on any atom is 0.348 e. The summed E-state index contributed by atoms with van der Waals surface area (Å²) >= 11 is 1.21. The molecule has 1 heterocycles. The topological polar surface area (TPSA) is 98.2 Å². The van der Waals surface area contributed by atoms with Crippen LogP contribution < -0.4 is 11.4 Å². The van der Waals surface area contributed by atoms with Crippen LogP contribution in [0.3, 0.4) is 0 Å². The average Bonchev–Trinajstić information content (AvgIpc) is 2.79. The van der Waals surface area contributed by atoms with Crippen LogP contribution in [0, 0.1) is 0 Å². The molecule has 1 aromatic rings. The van der Waals surface area contributed by atoms with Gasteiger partial charge in [0.25, 0.3) is 0 Å². The molecule has 7 heteroatoms. The third-order valence-electron chi connectivity index (χ3n) is 2.88. The molecular formula is C11H15N3O3S. The number of aliphatic hydroxyl groups excluding tert-OH is 1. The molecule has 0 spiro atoms. The summed E-state index contributed by atoms with van der Waals surface area (Å²) in [4.78, 5) is 26.6. The number of carbonyl (C=O) groups is 1. The van der Waals surface area contributed by atoms with Gasteiger partial charge in [0.1, 0.15) is 5.03 Å². The highest BCUT2D eigenvalue weighted by molar-refractivity contribution is 7.99. The number of amides is 1. The van der Waals surface area contributed by atoms with Crippen molar-refractivity contribution in [2.75, 3.05) is 12.4 Å². The minimum atomic E-state index is -0.423. The average molecular weight is 269 g/mol. The molecule has 1 amide bonds. The molecule has 0 aromatic carbocycles. The summed E-state index contributed by atoms with van der Waals surface area (Å²) in [6, 6.07) is 0. The highest BCUT2D eigenvalue weighted by Gasteiger charge is 2.21. The normalized spacial score (nSPS) is 13.6. The van der Waals surface area contributed by atoms with Crippen LogP contribution in [-0.2, 0) is 24.2 Å². The molecule has 0 fully saturated rings. The second-order valence-electron chi connectivity index (χ2n) is 4.11. The van der Waals surface area contributed by atoms with E-state index in [0.717, 1.165) is 30.5 Å². The molecule has 2 rings (SSSR count). The number of aliphatic hydroxyl groups is 1. The molecule has 0 bridgehead atoms. The van der Waals surface area contributed by atoms with Crippen LogP contribution in [0.5, 0.6) is 0 Å². The zero-order valence-electron chi connectivity index (χ0n) is 9.89. The third kappa shape index (κ3) is 2.56. The minimum absolute atomic E-state index is 0.0815. The minimum Gasteiger partial charge on any atom is -0.395 e. The number of carbonyl (C=O) groups excluding carboxylic acids is 1. The fourth-order valence-corrected chi connectivity index (χ4v) is 2.99. The Labute approximate surface area is 108 Å². The molecule has 1 aromatic heterocycles. The Hall–Kier alpha value is -1.34. The van der Waals surface area contributed by atoms with Gasteiger partial charge in [-0.25, -0.2) is 4.79 Å². The Morgan fingerprint density at radius 3 is 2.94 bits per heavy atom. The number of fused-ring (bicyclic) bond motifs is 1. The van der Waals surface area contributed by atoms with Crippen molar-refractivity contribution in [3.8, 4) is 0 Å². The molecule has 0 saturated carbocycles. The summed E-state index contributed by atoms with van der Waals surface area (Å²) in [5, 5.41) is 9.58. The third-order valence-corrected chi connectivity index (χ3v) is 3.92. The molecule has 18 heavy (non-hydrogen) atoms. The number of nitrogens with two attached hydrogens (primary N) is 1. The number of rotatable bonds is 5. The van der Waals surface area contributed by atoms with E-state index < -0.39 is 5.91 Å². The van der Waals surface area contributed by atoms with E-state index in [0.29, 0.717) is 5.03 Å². The molecule has 0 saturated heterocycles. The van der Waals surface area contributed by atoms with Gasteiger partial charge < -0.3 is 10.8 Å². The summed E-state index contributed by atoms with van der Waals surface area (Å²) in [5.74, 6) is -0.295. The Morgan fingerprint density at radius 1 is 1.50 bits per heavy atom. The predicted octanol–water partition coefficient (Wildman–Crippen LogP) is -0.698. The zero-order chi connectivity index (χ0) is 13.1. The van der Waals surface area contributed by atoms with E-state index in [4.69, 9.17) is 10.8 Å². The standard InChI is InChI=1S/C11H15N3O3S/c12-9(16)6-18-10-7-2-1-3-8(7)14(4-5-15)11(17)13-10/h15H,1-6H2,(H2,12,16). The van der Waals surface area contributed by atoms with E-state index in [9.17, 15) is 9.59 Å². The van der Waals surface area contributed by atoms with E-state index in [2.05, 4.69) is 4.98 Å². The first-order valence-electron chi connectivity index (χ1n) is 5.78. The quantitative estimate of drug-likeness (QED) is 0.544. The molecule has 1 aliphatic rings. The lowest BCUT2D eigenvalue weighted by molar-refractivity contribution is -0.115. The van der Waals surface area contributed by atoms with Gasteiger partial charge in [-0.1, -0.05) is 11.8 Å². The number of thioether (sulfide) groups is 1. The molecule has 3 N–H and O–H groups in total. The van der Waals surface area contributed by atoms with Crippen molar-refractivity contribution in [2.45, 2.75) is 30.8 Å². The van der Waals surface area contributed by atoms with Crippen molar-refractivity contribution in [2.24, 2.45) is 5.73 Å². The fourth-order valence-electron chi connectivity index (χ4n) is 2.18. The number of nitrogens with zero attached hydrogens (tertiary/aromatic N) is 2. The van der Waals surface area contributed by atoms with Gasteiger partial charge in [-0.3, -0.25) is 9.36 Å². The molecule has 0 unspecified atom stereocenters. The molecular weight excluding hydrogens is 254 g/mol. The largest absolute Gasteiger partial charge is 0.395 e. The molecule has 0 atom stereocenters. The first kappa shape index (κ1) is 13.1. The molecule has 6 nitrogen and oxygen atoms in total. The fraction of sp³-hybridized carbons (Fsp3) is 0.545. The van der Waals surface area contributed by atoms with Gasteiger partial charge in [0.05, 0.1) is 18.9 Å². The van der Waals surface area contributed by atoms with Crippen molar-refractivity contribution in [1.82, 2.24) is 9.55 Å². The van der Waals surface area contributed by atoms with Crippen molar-refractivity contribution >= 4 is 17.7 Å². The summed E-state index contributed by atoms with van der Waals surface area (Å²) < 4.78 is 1.52. The Kier molecular flexibility index (Phi) is 4.03. The summed E-state index contributed by atoms with van der Waals surface area (Å²) in [7, 11) is 0. The van der Waals surface area contributed by atoms with Crippen LogP contribution in [0.1, 0.15) is 17.7 Å². The Bertz CT molecular complexity index is 527. The van der Waals surface area contributed by atoms with Gasteiger partial charge in [0.2, 0.25) is 5.91 Å². The maximum atomic E-state index is 11.8. The van der Waals surface area contributed by atoms with Gasteiger partial charge in [0.15, 0.2) is 0 Å². The molecule has 0 radical (unpaired) electrons. The number of aromatic nitrogens is 2. The van der Waals surface area contributed by atoms with Crippen LogP contribution in [-0.4, -0.2) is 32.9 Å². The smallest absolute Gasteiger partial charge is 0.348 e. The molecule has 98 valence electrons. The highest BCUT2D eigenvalue weighted by atomic mass is 32.2. The monoisotopic (exact) mass is 269 g/mol. The van der Waals surface area contributed by atoms with Gasteiger partial charge >= 0.3 is 5.69 Å². The van der Waals surface area contributed by atoms with E-state index in [1.807, 2.05) is 0 Å². The second-order valence-corrected chi connectivity index (χ2v) is 5.07. The lowest BCUT2D eigenvalue weighted by Crippen LogP contribution is -2.28. The van der Waals surface area contributed by atoms with Crippen LogP contribution >= 0.6 is 11.8 Å². The SMILES string of the molecule is NC(=O)CSc1nc(=O)n(CCO)c2c1CCC2. The number of hydrogen-bond acceptors (Lipinski definition) is 5. The van der Waals surface area contributed by atoms with Crippen molar-refractivity contribution in [3.63, 3.8) is 0 Å². The second kappa shape index (κ2) is 5.53. The Balaban J connectivity index is 2.38. The van der Waals surface area contributed by atoms with E-state index in [1.54, 1.807) is 0 Å². The van der Waals surface area contributed by atoms with Crippen LogP contribution in [0.4, 0.5) is 0 Å². The first-order chi connectivity index (χ1) is 8.63. The van der Waals surface area contributed by atoms with E-state index in [1.165, 1.54) is 16.3 Å². The Morgan fingerprint density at radius 2 is 2.28 bits per heavy atom. The van der Waals surface area contributed by atoms with Gasteiger partial charge in [-0.15, -0.1) is 0 Å². The van der Waals surface area contributed by atoms with Gasteiger partial charge in [-0.05, 0) is 19.3 Å². The number of primary amides is 1. The number of hydrogen-bond donors (Lipinski definition) is 2. The maximum absolute atomic E-state index is 11.8. The van der Waals surface area contributed by atoms with Crippen molar-refractivity contribution in [1.29, 1.82) is 0 Å². The zero-order valence-corrected chi connectivity index (χ0v) is 10.7. The summed E-state index contributed by atoms with van der Waals surface area (Å²) in [6.07, 6.45) is 2.64. The van der Waals surface area contributed by atoms with E-state index >= 15 is 0 Å². The predicted molar refractivity (Wildman–Crippen MR) is 67.5 cm³/mol. The van der Waals surface area contributed by atoms with E-state index in [-0.39, 0.29) is 24.6 Å². The van der Waals surface area contributed by atoms with Crippen LogP contribution in [0.15, 0.2) is 9.82 Å². The lowest BCUT2D eigenvalue weighted by Gasteiger charge is -2.12. The highest BCUT2D eigenvalue weighted by Crippen LogP contribution is 2.28. The van der Waals surface area contributed by atoms with Crippen molar-refractivity contribution < 1.29 is 9.90 Å². The lowest BCUT2D eigenvalue weighted by atomic mass is 10.2. The van der Waals surface area contributed by atoms with Crippen LogP contribution in [0.2, 0.25) is 0 Å². The molecule has 1 aliphatic carbocycles. The summed E-state index contributed by atoms with van der Waals surface area (Å²) in [6.45, 7) is 0.191. The summed E-state index contributed by atoms with van der Waals surface area (Å²) in [5.41, 5.74) is 6.70. The van der Waals surface area contributed by atoms with Crippen LogP contribution in [0.25, 0.3) is 0 Å². The first-order valence-corrected chi connectivity index (χ1v) is 6.76.